The summed E-state index contributed by atoms with van der Waals surface area (Å²) in [6.45, 7) is 5.41. The molecule has 0 saturated carbocycles. The monoisotopic (exact) mass is 283 g/mol. The van der Waals surface area contributed by atoms with E-state index in [2.05, 4.69) is 5.32 Å². The molecule has 0 radical (unpaired) electrons. The highest BCUT2D eigenvalue weighted by Gasteiger charge is 2.26. The molecule has 0 saturated heterocycles. The minimum absolute atomic E-state index is 0.138. The molecule has 5 heteroatoms. The molecule has 104 valence electrons. The van der Waals surface area contributed by atoms with Gasteiger partial charge in [0.1, 0.15) is 6.04 Å². The maximum Gasteiger partial charge on any atom is 0.326 e. The van der Waals surface area contributed by atoms with Gasteiger partial charge in [-0.3, -0.25) is 4.79 Å². The van der Waals surface area contributed by atoms with Crippen molar-refractivity contribution in [3.8, 4) is 0 Å². The Morgan fingerprint density at radius 2 is 2.05 bits per heavy atom. The van der Waals surface area contributed by atoms with Crippen LogP contribution in [-0.4, -0.2) is 23.0 Å². The first-order valence-corrected chi connectivity index (χ1v) is 6.55. The van der Waals surface area contributed by atoms with Crippen molar-refractivity contribution in [1.29, 1.82) is 0 Å². The molecule has 0 unspecified atom stereocenters. The first-order chi connectivity index (χ1) is 8.88. The summed E-state index contributed by atoms with van der Waals surface area (Å²) in [5.41, 5.74) is 1.05. The van der Waals surface area contributed by atoms with Gasteiger partial charge in [0.05, 0.1) is 0 Å². The van der Waals surface area contributed by atoms with Crippen LogP contribution >= 0.6 is 11.6 Å². The molecule has 1 aromatic carbocycles. The Morgan fingerprint density at radius 3 is 2.58 bits per heavy atom. The second-order valence-electron chi connectivity index (χ2n) is 4.59. The number of carboxylic acid groups (broad SMARTS) is 1. The number of rotatable bonds is 5. The number of hydrogen-bond acceptors (Lipinski definition) is 2. The van der Waals surface area contributed by atoms with E-state index in [0.717, 1.165) is 0 Å². The van der Waals surface area contributed by atoms with Gasteiger partial charge in [-0.2, -0.15) is 0 Å². The maximum atomic E-state index is 12.1. The first kappa shape index (κ1) is 15.5. The third-order valence-electron chi connectivity index (χ3n) is 3.28. The van der Waals surface area contributed by atoms with Crippen LogP contribution in [0.15, 0.2) is 18.2 Å². The molecule has 1 amide bonds. The molecule has 1 aromatic rings. The lowest BCUT2D eigenvalue weighted by atomic mass is 9.98. The molecule has 0 heterocycles. The van der Waals surface area contributed by atoms with Crippen molar-refractivity contribution >= 4 is 23.5 Å². The molecule has 2 N–H and O–H groups in total. The van der Waals surface area contributed by atoms with Gasteiger partial charge in [0.25, 0.3) is 5.91 Å². The zero-order valence-electron chi connectivity index (χ0n) is 11.2. The molecule has 0 aliphatic heterocycles. The molecule has 1 rings (SSSR count). The van der Waals surface area contributed by atoms with Crippen LogP contribution in [0.3, 0.4) is 0 Å². The lowest BCUT2D eigenvalue weighted by Gasteiger charge is -2.20. The van der Waals surface area contributed by atoms with Gasteiger partial charge in [0, 0.05) is 10.6 Å². The summed E-state index contributed by atoms with van der Waals surface area (Å²) in [5.74, 6) is -1.57. The molecule has 0 spiro atoms. The first-order valence-electron chi connectivity index (χ1n) is 6.17. The SMILES string of the molecule is CC[C@H](C)[C@H](NC(=O)c1cccc(Cl)c1C)C(=O)O. The van der Waals surface area contributed by atoms with E-state index < -0.39 is 17.9 Å². The number of carbonyl (C=O) groups excluding carboxylic acids is 1. The van der Waals surface area contributed by atoms with Crippen molar-refractivity contribution in [2.24, 2.45) is 5.92 Å². The topological polar surface area (TPSA) is 66.4 Å². The molecular formula is C14H18ClNO3. The predicted octanol–water partition coefficient (Wildman–Crippen LogP) is 2.88. The second-order valence-corrected chi connectivity index (χ2v) is 4.99. The van der Waals surface area contributed by atoms with Gasteiger partial charge in [-0.15, -0.1) is 0 Å². The Labute approximate surface area is 117 Å². The van der Waals surface area contributed by atoms with Crippen LogP contribution in [0.25, 0.3) is 0 Å². The molecule has 4 nitrogen and oxygen atoms in total. The van der Waals surface area contributed by atoms with E-state index in [1.165, 1.54) is 0 Å². The summed E-state index contributed by atoms with van der Waals surface area (Å²) in [6, 6.07) is 4.10. The fraction of sp³-hybridized carbons (Fsp3) is 0.429. The van der Waals surface area contributed by atoms with Gasteiger partial charge < -0.3 is 10.4 Å². The van der Waals surface area contributed by atoms with E-state index in [-0.39, 0.29) is 5.92 Å². The van der Waals surface area contributed by atoms with Crippen LogP contribution in [0.5, 0.6) is 0 Å². The standard InChI is InChI=1S/C14H18ClNO3/c1-4-8(2)12(14(18)19)16-13(17)10-6-5-7-11(15)9(10)3/h5-8,12H,4H2,1-3H3,(H,16,17)(H,18,19)/t8-,12-/m0/s1. The van der Waals surface area contributed by atoms with E-state index >= 15 is 0 Å². The summed E-state index contributed by atoms with van der Waals surface area (Å²) < 4.78 is 0. The van der Waals surface area contributed by atoms with Crippen molar-refractivity contribution in [3.05, 3.63) is 34.3 Å². The number of halogens is 1. The molecule has 0 bridgehead atoms. The number of carbonyl (C=O) groups is 2. The molecule has 2 atom stereocenters. The number of aliphatic carboxylic acids is 1. The van der Waals surface area contributed by atoms with Crippen molar-refractivity contribution in [2.45, 2.75) is 33.2 Å². The van der Waals surface area contributed by atoms with Crippen molar-refractivity contribution in [1.82, 2.24) is 5.32 Å². The van der Waals surface area contributed by atoms with E-state index in [9.17, 15) is 9.59 Å². The molecule has 0 aliphatic carbocycles. The van der Waals surface area contributed by atoms with Gasteiger partial charge in [-0.1, -0.05) is 37.9 Å². The van der Waals surface area contributed by atoms with Gasteiger partial charge in [0.15, 0.2) is 0 Å². The van der Waals surface area contributed by atoms with Crippen molar-refractivity contribution in [2.75, 3.05) is 0 Å². The molecule has 0 aliphatic rings. The third kappa shape index (κ3) is 3.70. The molecule has 19 heavy (non-hydrogen) atoms. The fourth-order valence-corrected chi connectivity index (χ4v) is 1.93. The smallest absolute Gasteiger partial charge is 0.326 e. The van der Waals surface area contributed by atoms with Crippen LogP contribution in [-0.2, 0) is 4.79 Å². The molecule has 0 fully saturated rings. The quantitative estimate of drug-likeness (QED) is 0.873. The summed E-state index contributed by atoms with van der Waals surface area (Å²) in [6.07, 6.45) is 0.672. The van der Waals surface area contributed by atoms with Gasteiger partial charge >= 0.3 is 5.97 Å². The summed E-state index contributed by atoms with van der Waals surface area (Å²) in [5, 5.41) is 12.2. The van der Waals surface area contributed by atoms with Gasteiger partial charge in [-0.25, -0.2) is 4.79 Å². The predicted molar refractivity (Wildman–Crippen MR) is 74.5 cm³/mol. The Bertz CT molecular complexity index is 488. The Balaban J connectivity index is 2.94. The minimum atomic E-state index is -1.03. The van der Waals surface area contributed by atoms with Crippen molar-refractivity contribution in [3.63, 3.8) is 0 Å². The number of carboxylic acids is 1. The zero-order valence-corrected chi connectivity index (χ0v) is 12.0. The van der Waals surface area contributed by atoms with E-state index in [0.29, 0.717) is 22.6 Å². The number of amides is 1. The molecular weight excluding hydrogens is 266 g/mol. The van der Waals surface area contributed by atoms with Crippen molar-refractivity contribution < 1.29 is 14.7 Å². The highest BCUT2D eigenvalue weighted by atomic mass is 35.5. The van der Waals surface area contributed by atoms with Crippen LogP contribution in [0, 0.1) is 12.8 Å². The maximum absolute atomic E-state index is 12.1. The highest BCUT2D eigenvalue weighted by molar-refractivity contribution is 6.31. The second kappa shape index (κ2) is 6.57. The fourth-order valence-electron chi connectivity index (χ4n) is 1.76. The Morgan fingerprint density at radius 1 is 1.42 bits per heavy atom. The lowest BCUT2D eigenvalue weighted by Crippen LogP contribution is -2.45. The summed E-state index contributed by atoms with van der Waals surface area (Å²) >= 11 is 5.95. The summed E-state index contributed by atoms with van der Waals surface area (Å²) in [7, 11) is 0. The van der Waals surface area contributed by atoms with E-state index in [1.807, 2.05) is 6.92 Å². The number of hydrogen-bond donors (Lipinski definition) is 2. The number of benzene rings is 1. The largest absolute Gasteiger partial charge is 0.480 e. The Hall–Kier alpha value is -1.55. The average molecular weight is 284 g/mol. The van der Waals surface area contributed by atoms with Crippen LogP contribution in [0.1, 0.15) is 36.2 Å². The van der Waals surface area contributed by atoms with Crippen LogP contribution in [0.2, 0.25) is 5.02 Å². The highest BCUT2D eigenvalue weighted by Crippen LogP contribution is 2.19. The average Bonchev–Trinajstić information content (AvgIpc) is 2.37. The normalized spacial score (nSPS) is 13.7. The summed E-state index contributed by atoms with van der Waals surface area (Å²) in [4.78, 5) is 23.3. The zero-order chi connectivity index (χ0) is 14.6. The van der Waals surface area contributed by atoms with Gasteiger partial charge in [0.2, 0.25) is 0 Å². The number of nitrogens with one attached hydrogen (secondary N) is 1. The van der Waals surface area contributed by atoms with Crippen LogP contribution in [0.4, 0.5) is 0 Å². The minimum Gasteiger partial charge on any atom is -0.480 e. The van der Waals surface area contributed by atoms with E-state index in [4.69, 9.17) is 16.7 Å². The Kier molecular flexibility index (Phi) is 5.36. The molecule has 0 aromatic heterocycles. The van der Waals surface area contributed by atoms with Gasteiger partial charge in [-0.05, 0) is 30.5 Å². The third-order valence-corrected chi connectivity index (χ3v) is 3.69. The lowest BCUT2D eigenvalue weighted by molar-refractivity contribution is -0.140. The van der Waals surface area contributed by atoms with Crippen LogP contribution < -0.4 is 5.32 Å². The van der Waals surface area contributed by atoms with E-state index in [1.54, 1.807) is 32.0 Å².